The number of nitrogens with zero attached hydrogens (tertiary/aromatic N) is 1. The van der Waals surface area contributed by atoms with Crippen molar-refractivity contribution in [1.82, 2.24) is 4.90 Å². The van der Waals surface area contributed by atoms with Crippen molar-refractivity contribution in [3.8, 4) is 11.5 Å². The standard InChI is InChI=1S/C20H21NO6/c1-25-18-11-15(19(22)21-9-10-26-13-16(21)20(23)24)7-8-17(18)27-12-14-5-3-2-4-6-14/h2-8,11,16H,9-10,12-13H2,1H3,(H,23,24). The number of carbonyl (C=O) groups is 2. The molecule has 142 valence electrons. The third-order valence-electron chi connectivity index (χ3n) is 4.32. The number of carboxylic acid groups (broad SMARTS) is 1. The minimum absolute atomic E-state index is 0.0174. The molecule has 0 radical (unpaired) electrons. The fraction of sp³-hybridized carbons (Fsp3) is 0.300. The zero-order valence-corrected chi connectivity index (χ0v) is 15.0. The SMILES string of the molecule is COc1cc(C(=O)N2CCOCC2C(=O)O)ccc1OCc1ccccc1. The van der Waals surface area contributed by atoms with E-state index in [1.54, 1.807) is 18.2 Å². The molecule has 1 amide bonds. The molecular weight excluding hydrogens is 350 g/mol. The van der Waals surface area contributed by atoms with E-state index < -0.39 is 12.0 Å². The lowest BCUT2D eigenvalue weighted by atomic mass is 10.1. The van der Waals surface area contributed by atoms with Gasteiger partial charge in [0.15, 0.2) is 17.5 Å². The summed E-state index contributed by atoms with van der Waals surface area (Å²) in [5, 5.41) is 9.31. The van der Waals surface area contributed by atoms with Crippen molar-refractivity contribution in [2.45, 2.75) is 12.6 Å². The summed E-state index contributed by atoms with van der Waals surface area (Å²) in [6, 6.07) is 13.5. The molecular formula is C20H21NO6. The Morgan fingerprint density at radius 3 is 2.67 bits per heavy atom. The molecule has 7 nitrogen and oxygen atoms in total. The Bertz CT molecular complexity index is 807. The van der Waals surface area contributed by atoms with E-state index in [0.717, 1.165) is 5.56 Å². The van der Waals surface area contributed by atoms with Crippen LogP contribution in [0.5, 0.6) is 11.5 Å². The molecule has 1 fully saturated rings. The average Bonchev–Trinajstić information content (AvgIpc) is 2.72. The van der Waals surface area contributed by atoms with Crippen LogP contribution in [0.1, 0.15) is 15.9 Å². The Balaban J connectivity index is 1.76. The molecule has 27 heavy (non-hydrogen) atoms. The fourth-order valence-corrected chi connectivity index (χ4v) is 2.87. The lowest BCUT2D eigenvalue weighted by molar-refractivity contribution is -0.147. The molecule has 0 bridgehead atoms. The van der Waals surface area contributed by atoms with Gasteiger partial charge in [-0.05, 0) is 23.8 Å². The van der Waals surface area contributed by atoms with Gasteiger partial charge in [0.2, 0.25) is 0 Å². The highest BCUT2D eigenvalue weighted by atomic mass is 16.5. The number of hydrogen-bond donors (Lipinski definition) is 1. The number of hydrogen-bond acceptors (Lipinski definition) is 5. The summed E-state index contributed by atoms with van der Waals surface area (Å²) >= 11 is 0. The molecule has 1 heterocycles. The zero-order valence-electron chi connectivity index (χ0n) is 15.0. The van der Waals surface area contributed by atoms with Crippen LogP contribution >= 0.6 is 0 Å². The van der Waals surface area contributed by atoms with Gasteiger partial charge in [-0.1, -0.05) is 30.3 Å². The fourth-order valence-electron chi connectivity index (χ4n) is 2.87. The molecule has 0 aliphatic carbocycles. The molecule has 2 aromatic rings. The molecule has 1 aliphatic heterocycles. The van der Waals surface area contributed by atoms with Crippen LogP contribution in [-0.4, -0.2) is 54.8 Å². The Morgan fingerprint density at radius 1 is 1.19 bits per heavy atom. The number of aliphatic carboxylic acids is 1. The molecule has 7 heteroatoms. The lowest BCUT2D eigenvalue weighted by Gasteiger charge is -2.33. The predicted octanol–water partition coefficient (Wildman–Crippen LogP) is 2.20. The number of morpholine rings is 1. The van der Waals surface area contributed by atoms with Gasteiger partial charge in [-0.25, -0.2) is 4.79 Å². The number of ether oxygens (including phenoxy) is 3. The van der Waals surface area contributed by atoms with Crippen molar-refractivity contribution in [2.24, 2.45) is 0 Å². The molecule has 1 N–H and O–H groups in total. The minimum Gasteiger partial charge on any atom is -0.493 e. The quantitative estimate of drug-likeness (QED) is 0.838. The number of benzene rings is 2. The van der Waals surface area contributed by atoms with Gasteiger partial charge in [-0.2, -0.15) is 0 Å². The van der Waals surface area contributed by atoms with Crippen molar-refractivity contribution >= 4 is 11.9 Å². The van der Waals surface area contributed by atoms with Gasteiger partial charge < -0.3 is 24.2 Å². The van der Waals surface area contributed by atoms with Crippen LogP contribution in [0.3, 0.4) is 0 Å². The summed E-state index contributed by atoms with van der Waals surface area (Å²) in [5.74, 6) is -0.539. The first-order valence-electron chi connectivity index (χ1n) is 8.56. The van der Waals surface area contributed by atoms with Crippen LogP contribution in [-0.2, 0) is 16.1 Å². The number of amides is 1. The van der Waals surface area contributed by atoms with Gasteiger partial charge in [-0.15, -0.1) is 0 Å². The summed E-state index contributed by atoms with van der Waals surface area (Å²) < 4.78 is 16.3. The Kier molecular flexibility index (Phi) is 5.93. The highest BCUT2D eigenvalue weighted by Gasteiger charge is 2.33. The second kappa shape index (κ2) is 8.55. The topological polar surface area (TPSA) is 85.3 Å². The number of methoxy groups -OCH3 is 1. The monoisotopic (exact) mass is 371 g/mol. The van der Waals surface area contributed by atoms with Crippen LogP contribution in [0.2, 0.25) is 0 Å². The lowest BCUT2D eigenvalue weighted by Crippen LogP contribution is -2.52. The van der Waals surface area contributed by atoms with Gasteiger partial charge in [0, 0.05) is 12.1 Å². The van der Waals surface area contributed by atoms with Gasteiger partial charge in [0.25, 0.3) is 5.91 Å². The number of carboxylic acids is 1. The van der Waals surface area contributed by atoms with Crippen LogP contribution in [0, 0.1) is 0 Å². The predicted molar refractivity (Wildman–Crippen MR) is 97.0 cm³/mol. The molecule has 1 aliphatic rings. The van der Waals surface area contributed by atoms with E-state index in [4.69, 9.17) is 14.2 Å². The summed E-state index contributed by atoms with van der Waals surface area (Å²) in [7, 11) is 1.49. The van der Waals surface area contributed by atoms with Gasteiger partial charge >= 0.3 is 5.97 Å². The van der Waals surface area contributed by atoms with Crippen molar-refractivity contribution in [2.75, 3.05) is 26.9 Å². The van der Waals surface area contributed by atoms with E-state index in [1.165, 1.54) is 12.0 Å². The average molecular weight is 371 g/mol. The Hall–Kier alpha value is -3.06. The van der Waals surface area contributed by atoms with E-state index in [9.17, 15) is 14.7 Å². The summed E-state index contributed by atoms with van der Waals surface area (Å²) in [5.41, 5.74) is 1.35. The molecule has 3 rings (SSSR count). The molecule has 0 saturated carbocycles. The summed E-state index contributed by atoms with van der Waals surface area (Å²) in [6.45, 7) is 0.890. The maximum absolute atomic E-state index is 12.8. The molecule has 1 unspecified atom stereocenters. The highest BCUT2D eigenvalue weighted by Crippen LogP contribution is 2.29. The summed E-state index contributed by atoms with van der Waals surface area (Å²) in [4.78, 5) is 25.5. The van der Waals surface area contributed by atoms with Crippen molar-refractivity contribution < 1.29 is 28.9 Å². The number of carbonyl (C=O) groups excluding carboxylic acids is 1. The first-order valence-corrected chi connectivity index (χ1v) is 8.56. The Labute approximate surface area is 157 Å². The van der Waals surface area contributed by atoms with Gasteiger partial charge in [-0.3, -0.25) is 4.79 Å². The van der Waals surface area contributed by atoms with E-state index in [0.29, 0.717) is 30.3 Å². The van der Waals surface area contributed by atoms with Crippen LogP contribution in [0.4, 0.5) is 0 Å². The van der Waals surface area contributed by atoms with Crippen molar-refractivity contribution in [3.63, 3.8) is 0 Å². The van der Waals surface area contributed by atoms with Crippen molar-refractivity contribution in [1.29, 1.82) is 0 Å². The van der Waals surface area contributed by atoms with E-state index in [2.05, 4.69) is 0 Å². The Morgan fingerprint density at radius 2 is 1.96 bits per heavy atom. The molecule has 0 aromatic heterocycles. The van der Waals surface area contributed by atoms with Gasteiger partial charge in [0.05, 0.1) is 20.3 Å². The van der Waals surface area contributed by atoms with Crippen molar-refractivity contribution in [3.05, 3.63) is 59.7 Å². The first kappa shape index (κ1) is 18.7. The molecule has 1 saturated heterocycles. The zero-order chi connectivity index (χ0) is 19.2. The highest BCUT2D eigenvalue weighted by molar-refractivity contribution is 5.97. The molecule has 0 spiro atoms. The molecule has 2 aromatic carbocycles. The second-order valence-electron chi connectivity index (χ2n) is 6.07. The summed E-state index contributed by atoms with van der Waals surface area (Å²) in [6.07, 6.45) is 0. The molecule has 1 atom stereocenters. The third-order valence-corrected chi connectivity index (χ3v) is 4.32. The normalized spacial score (nSPS) is 16.6. The maximum atomic E-state index is 12.8. The van der Waals surface area contributed by atoms with E-state index in [-0.39, 0.29) is 19.1 Å². The minimum atomic E-state index is -1.09. The van der Waals surface area contributed by atoms with E-state index >= 15 is 0 Å². The van der Waals surface area contributed by atoms with Crippen LogP contribution < -0.4 is 9.47 Å². The maximum Gasteiger partial charge on any atom is 0.328 e. The van der Waals surface area contributed by atoms with Crippen LogP contribution in [0.15, 0.2) is 48.5 Å². The van der Waals surface area contributed by atoms with Crippen LogP contribution in [0.25, 0.3) is 0 Å². The number of rotatable bonds is 6. The first-order chi connectivity index (χ1) is 13.1. The van der Waals surface area contributed by atoms with Gasteiger partial charge in [0.1, 0.15) is 6.61 Å². The van der Waals surface area contributed by atoms with E-state index in [1.807, 2.05) is 30.3 Å². The third kappa shape index (κ3) is 4.38. The second-order valence-corrected chi connectivity index (χ2v) is 6.07. The largest absolute Gasteiger partial charge is 0.493 e. The smallest absolute Gasteiger partial charge is 0.328 e.